The van der Waals surface area contributed by atoms with Crippen molar-refractivity contribution in [2.45, 2.75) is 13.3 Å². The standard InChI is InChI=1S/C44H33N3O/c1-30-29-45-40(28-39(30)33-15-7-3-8-16-33)35-18-11-17-34(27-35)37-21-12-22-41-43(37)46-44(47(41)36-19-9-4-10-20-36)38-24-23-32(26-42(38)48)25-31-13-5-2-6-14-31/h2-24,26-29,48H,25H2,1H3. The van der Waals surface area contributed by atoms with Crippen LogP contribution in [-0.4, -0.2) is 19.6 Å². The molecule has 48 heavy (non-hydrogen) atoms. The predicted molar refractivity (Wildman–Crippen MR) is 196 cm³/mol. The van der Waals surface area contributed by atoms with Crippen LogP contribution in [0.2, 0.25) is 0 Å². The molecule has 0 aliphatic rings. The Morgan fingerprint density at radius 1 is 0.562 bits per heavy atom. The zero-order chi connectivity index (χ0) is 32.5. The third kappa shape index (κ3) is 5.54. The Labute approximate surface area is 280 Å². The summed E-state index contributed by atoms with van der Waals surface area (Å²) in [7, 11) is 0. The van der Waals surface area contributed by atoms with Crippen LogP contribution >= 0.6 is 0 Å². The van der Waals surface area contributed by atoms with Gasteiger partial charge in [-0.05, 0) is 89.2 Å². The number of hydrogen-bond acceptors (Lipinski definition) is 3. The Morgan fingerprint density at radius 3 is 2.02 bits per heavy atom. The van der Waals surface area contributed by atoms with Gasteiger partial charge in [0.25, 0.3) is 0 Å². The quantitative estimate of drug-likeness (QED) is 0.193. The summed E-state index contributed by atoms with van der Waals surface area (Å²) in [5, 5.41) is 11.4. The first-order chi connectivity index (χ1) is 23.6. The zero-order valence-electron chi connectivity index (χ0n) is 26.6. The Balaban J connectivity index is 1.25. The number of pyridine rings is 1. The molecule has 0 amide bonds. The third-order valence-corrected chi connectivity index (χ3v) is 8.91. The average molecular weight is 620 g/mol. The van der Waals surface area contributed by atoms with E-state index in [1.807, 2.05) is 60.8 Å². The molecule has 1 N–H and O–H groups in total. The molecule has 230 valence electrons. The first-order valence-electron chi connectivity index (χ1n) is 16.2. The molecule has 4 heteroatoms. The molecule has 2 heterocycles. The van der Waals surface area contributed by atoms with Crippen molar-refractivity contribution in [1.29, 1.82) is 0 Å². The first-order valence-corrected chi connectivity index (χ1v) is 16.2. The zero-order valence-corrected chi connectivity index (χ0v) is 26.6. The van der Waals surface area contributed by atoms with Crippen LogP contribution in [0.25, 0.3) is 61.6 Å². The summed E-state index contributed by atoms with van der Waals surface area (Å²) in [4.78, 5) is 10.1. The lowest BCUT2D eigenvalue weighted by Gasteiger charge is -2.12. The molecular formula is C44H33N3O. The van der Waals surface area contributed by atoms with Gasteiger partial charge in [0.15, 0.2) is 0 Å². The molecule has 4 nitrogen and oxygen atoms in total. The van der Waals surface area contributed by atoms with E-state index in [4.69, 9.17) is 9.97 Å². The Kier molecular flexibility index (Phi) is 7.60. The van der Waals surface area contributed by atoms with Gasteiger partial charge in [0, 0.05) is 23.0 Å². The number of imidazole rings is 1. The van der Waals surface area contributed by atoms with Gasteiger partial charge in [-0.15, -0.1) is 0 Å². The van der Waals surface area contributed by atoms with Gasteiger partial charge in [-0.25, -0.2) is 4.98 Å². The molecular weight excluding hydrogens is 587 g/mol. The van der Waals surface area contributed by atoms with Gasteiger partial charge in [-0.1, -0.05) is 115 Å². The number of para-hydroxylation sites is 2. The highest BCUT2D eigenvalue weighted by Gasteiger charge is 2.20. The monoisotopic (exact) mass is 619 g/mol. The van der Waals surface area contributed by atoms with Gasteiger partial charge in [0.05, 0.1) is 22.3 Å². The normalized spacial score (nSPS) is 11.2. The highest BCUT2D eigenvalue weighted by Crippen LogP contribution is 2.38. The van der Waals surface area contributed by atoms with Crippen molar-refractivity contribution in [2.24, 2.45) is 0 Å². The summed E-state index contributed by atoms with van der Waals surface area (Å²) in [5.41, 5.74) is 13.2. The second-order valence-corrected chi connectivity index (χ2v) is 12.1. The van der Waals surface area contributed by atoms with E-state index in [1.54, 1.807) is 0 Å². The number of rotatable bonds is 7. The summed E-state index contributed by atoms with van der Waals surface area (Å²) in [5.74, 6) is 0.899. The van der Waals surface area contributed by atoms with Crippen molar-refractivity contribution in [2.75, 3.05) is 0 Å². The number of hydrogen-bond donors (Lipinski definition) is 1. The molecule has 0 saturated carbocycles. The van der Waals surface area contributed by atoms with Crippen molar-refractivity contribution in [3.8, 4) is 56.3 Å². The molecule has 0 spiro atoms. The smallest absolute Gasteiger partial charge is 0.149 e. The predicted octanol–water partition coefficient (Wildman–Crippen LogP) is 10.7. The van der Waals surface area contributed by atoms with E-state index < -0.39 is 0 Å². The lowest BCUT2D eigenvalue weighted by molar-refractivity contribution is 0.476. The molecule has 2 aromatic heterocycles. The number of aromatic nitrogens is 3. The van der Waals surface area contributed by atoms with Gasteiger partial charge in [-0.2, -0.15) is 0 Å². The van der Waals surface area contributed by atoms with Crippen LogP contribution in [0.5, 0.6) is 5.75 Å². The largest absolute Gasteiger partial charge is 0.507 e. The minimum atomic E-state index is 0.208. The van der Waals surface area contributed by atoms with Crippen LogP contribution in [0.4, 0.5) is 0 Å². The van der Waals surface area contributed by atoms with Crippen LogP contribution in [0, 0.1) is 6.92 Å². The van der Waals surface area contributed by atoms with Crippen LogP contribution in [0.1, 0.15) is 16.7 Å². The highest BCUT2D eigenvalue weighted by atomic mass is 16.3. The van der Waals surface area contributed by atoms with Crippen LogP contribution in [-0.2, 0) is 6.42 Å². The van der Waals surface area contributed by atoms with Gasteiger partial charge in [0.1, 0.15) is 11.6 Å². The maximum absolute atomic E-state index is 11.4. The molecule has 8 aromatic rings. The number of benzene rings is 6. The molecule has 0 aliphatic heterocycles. The molecule has 0 saturated heterocycles. The number of phenolic OH excluding ortho intramolecular Hbond substituents is 1. The fraction of sp³-hybridized carbons (Fsp3) is 0.0455. The number of aromatic hydroxyl groups is 1. The van der Waals surface area contributed by atoms with Crippen molar-refractivity contribution in [3.63, 3.8) is 0 Å². The third-order valence-electron chi connectivity index (χ3n) is 8.91. The summed E-state index contributed by atoms with van der Waals surface area (Å²) >= 11 is 0. The van der Waals surface area contributed by atoms with Gasteiger partial charge >= 0.3 is 0 Å². The van der Waals surface area contributed by atoms with Crippen molar-refractivity contribution in [1.82, 2.24) is 14.5 Å². The van der Waals surface area contributed by atoms with E-state index in [2.05, 4.69) is 115 Å². The molecule has 8 rings (SSSR count). The molecule has 0 atom stereocenters. The Morgan fingerprint density at radius 2 is 1.25 bits per heavy atom. The lowest BCUT2D eigenvalue weighted by Crippen LogP contribution is -1.98. The SMILES string of the molecule is Cc1cnc(-c2cccc(-c3cccc4c3nc(-c3ccc(Cc5ccccc5)cc3O)n4-c3ccccc3)c2)cc1-c1ccccc1. The van der Waals surface area contributed by atoms with E-state index in [1.165, 1.54) is 16.7 Å². The number of phenols is 1. The van der Waals surface area contributed by atoms with Gasteiger partial charge in [-0.3, -0.25) is 9.55 Å². The molecule has 0 radical (unpaired) electrons. The van der Waals surface area contributed by atoms with Crippen LogP contribution in [0.15, 0.2) is 164 Å². The van der Waals surface area contributed by atoms with E-state index >= 15 is 0 Å². The van der Waals surface area contributed by atoms with Crippen LogP contribution < -0.4 is 0 Å². The fourth-order valence-electron chi connectivity index (χ4n) is 6.52. The summed E-state index contributed by atoms with van der Waals surface area (Å²) < 4.78 is 2.14. The number of fused-ring (bicyclic) bond motifs is 1. The van der Waals surface area contributed by atoms with Crippen molar-refractivity contribution >= 4 is 11.0 Å². The first kappa shape index (κ1) is 29.2. The van der Waals surface area contributed by atoms with E-state index in [0.717, 1.165) is 56.7 Å². The molecule has 0 bridgehead atoms. The molecule has 6 aromatic carbocycles. The topological polar surface area (TPSA) is 50.9 Å². The average Bonchev–Trinajstić information content (AvgIpc) is 3.53. The molecule has 0 fully saturated rings. The number of aryl methyl sites for hydroxylation is 1. The maximum Gasteiger partial charge on any atom is 0.149 e. The Hall–Kier alpha value is -6.26. The van der Waals surface area contributed by atoms with Gasteiger partial charge < -0.3 is 5.11 Å². The molecule has 0 aliphatic carbocycles. The van der Waals surface area contributed by atoms with E-state index in [9.17, 15) is 5.11 Å². The summed E-state index contributed by atoms with van der Waals surface area (Å²) in [6, 6.07) is 53.9. The minimum absolute atomic E-state index is 0.208. The Bertz CT molecular complexity index is 2380. The minimum Gasteiger partial charge on any atom is -0.507 e. The second kappa shape index (κ2) is 12.5. The fourth-order valence-corrected chi connectivity index (χ4v) is 6.52. The lowest BCUT2D eigenvalue weighted by atomic mass is 9.97. The molecule has 0 unspecified atom stereocenters. The maximum atomic E-state index is 11.4. The summed E-state index contributed by atoms with van der Waals surface area (Å²) in [6.07, 6.45) is 2.70. The highest BCUT2D eigenvalue weighted by molar-refractivity contribution is 5.96. The van der Waals surface area contributed by atoms with Crippen LogP contribution in [0.3, 0.4) is 0 Å². The van der Waals surface area contributed by atoms with Crippen molar-refractivity contribution in [3.05, 3.63) is 181 Å². The summed E-state index contributed by atoms with van der Waals surface area (Å²) in [6.45, 7) is 2.10. The second-order valence-electron chi connectivity index (χ2n) is 12.1. The van der Waals surface area contributed by atoms with E-state index in [0.29, 0.717) is 11.4 Å². The van der Waals surface area contributed by atoms with E-state index in [-0.39, 0.29) is 5.75 Å². The van der Waals surface area contributed by atoms with Gasteiger partial charge in [0.2, 0.25) is 0 Å². The van der Waals surface area contributed by atoms with Crippen molar-refractivity contribution < 1.29 is 5.11 Å². The number of nitrogens with zero attached hydrogens (tertiary/aromatic N) is 3.